The predicted molar refractivity (Wildman–Crippen MR) is 69.8 cm³/mol. The van der Waals surface area contributed by atoms with Crippen molar-refractivity contribution >= 4 is 0 Å². The SMILES string of the molecule is CNCC1(Cc2ccc(C(C)C)cc2)CC1. The molecule has 0 atom stereocenters. The Morgan fingerprint density at radius 2 is 1.81 bits per heavy atom. The van der Waals surface area contributed by atoms with E-state index in [4.69, 9.17) is 0 Å². The van der Waals surface area contributed by atoms with E-state index >= 15 is 0 Å². The fourth-order valence-corrected chi connectivity index (χ4v) is 2.42. The molecule has 0 radical (unpaired) electrons. The Labute approximate surface area is 99.3 Å². The van der Waals surface area contributed by atoms with E-state index in [1.165, 1.54) is 36.9 Å². The molecule has 1 aromatic rings. The number of rotatable bonds is 5. The quantitative estimate of drug-likeness (QED) is 0.797. The fraction of sp³-hybridized carbons (Fsp3) is 0.600. The van der Waals surface area contributed by atoms with Gasteiger partial charge in [0.05, 0.1) is 0 Å². The summed E-state index contributed by atoms with van der Waals surface area (Å²) >= 11 is 0. The highest BCUT2D eigenvalue weighted by atomic mass is 14.8. The Morgan fingerprint density at radius 3 is 2.25 bits per heavy atom. The van der Waals surface area contributed by atoms with Crippen LogP contribution in [0.3, 0.4) is 0 Å². The first-order chi connectivity index (χ1) is 7.65. The van der Waals surface area contributed by atoms with Crippen LogP contribution in [0.1, 0.15) is 43.7 Å². The second-order valence-electron chi connectivity index (χ2n) is 5.60. The van der Waals surface area contributed by atoms with E-state index in [2.05, 4.69) is 50.5 Å². The summed E-state index contributed by atoms with van der Waals surface area (Å²) in [6.45, 7) is 5.66. The Hall–Kier alpha value is -0.820. The Kier molecular flexibility index (Phi) is 3.34. The molecule has 0 saturated heterocycles. The van der Waals surface area contributed by atoms with Crippen molar-refractivity contribution in [3.8, 4) is 0 Å². The van der Waals surface area contributed by atoms with Crippen LogP contribution in [0.5, 0.6) is 0 Å². The van der Waals surface area contributed by atoms with Crippen LogP contribution >= 0.6 is 0 Å². The van der Waals surface area contributed by atoms with Crippen LogP contribution in [0.2, 0.25) is 0 Å². The highest BCUT2D eigenvalue weighted by Gasteiger charge is 2.41. The third-order valence-corrected chi connectivity index (χ3v) is 3.73. The average Bonchev–Trinajstić information content (AvgIpc) is 2.99. The molecule has 1 aliphatic rings. The number of nitrogens with one attached hydrogen (secondary N) is 1. The third kappa shape index (κ3) is 2.65. The van der Waals surface area contributed by atoms with E-state index in [9.17, 15) is 0 Å². The van der Waals surface area contributed by atoms with Crippen molar-refractivity contribution in [2.45, 2.75) is 39.0 Å². The molecular formula is C15H23N. The summed E-state index contributed by atoms with van der Waals surface area (Å²) in [5, 5.41) is 3.32. The van der Waals surface area contributed by atoms with Gasteiger partial charge in [-0.05, 0) is 48.8 Å². The summed E-state index contributed by atoms with van der Waals surface area (Å²) in [5.41, 5.74) is 3.52. The van der Waals surface area contributed by atoms with Crippen LogP contribution in [0.15, 0.2) is 24.3 Å². The maximum Gasteiger partial charge on any atom is 0.000800 e. The Morgan fingerprint density at radius 1 is 1.19 bits per heavy atom. The number of hydrogen-bond donors (Lipinski definition) is 1. The van der Waals surface area contributed by atoms with Gasteiger partial charge in [0, 0.05) is 6.54 Å². The highest BCUT2D eigenvalue weighted by molar-refractivity contribution is 5.26. The van der Waals surface area contributed by atoms with Crippen LogP contribution in [0.25, 0.3) is 0 Å². The maximum atomic E-state index is 3.32. The number of benzene rings is 1. The van der Waals surface area contributed by atoms with Crippen molar-refractivity contribution in [3.63, 3.8) is 0 Å². The van der Waals surface area contributed by atoms with Crippen LogP contribution in [0, 0.1) is 5.41 Å². The molecule has 1 aliphatic carbocycles. The molecule has 0 bridgehead atoms. The summed E-state index contributed by atoms with van der Waals surface area (Å²) in [4.78, 5) is 0. The predicted octanol–water partition coefficient (Wildman–Crippen LogP) is 3.35. The van der Waals surface area contributed by atoms with Gasteiger partial charge >= 0.3 is 0 Å². The summed E-state index contributed by atoms with van der Waals surface area (Å²) in [7, 11) is 2.06. The minimum absolute atomic E-state index is 0.577. The zero-order valence-electron chi connectivity index (χ0n) is 10.7. The van der Waals surface area contributed by atoms with E-state index in [-0.39, 0.29) is 0 Å². The molecule has 0 heterocycles. The van der Waals surface area contributed by atoms with Crippen LogP contribution in [-0.2, 0) is 6.42 Å². The summed E-state index contributed by atoms with van der Waals surface area (Å²) in [6.07, 6.45) is 4.02. The molecule has 0 unspecified atom stereocenters. The second-order valence-corrected chi connectivity index (χ2v) is 5.60. The average molecular weight is 217 g/mol. The Bertz CT molecular complexity index is 333. The molecule has 0 spiro atoms. The lowest BCUT2D eigenvalue weighted by molar-refractivity contribution is 0.478. The molecule has 16 heavy (non-hydrogen) atoms. The van der Waals surface area contributed by atoms with Gasteiger partial charge in [-0.15, -0.1) is 0 Å². The van der Waals surface area contributed by atoms with Crippen molar-refractivity contribution in [1.82, 2.24) is 5.32 Å². The first kappa shape index (κ1) is 11.7. The molecule has 1 saturated carbocycles. The van der Waals surface area contributed by atoms with Gasteiger partial charge in [0.1, 0.15) is 0 Å². The monoisotopic (exact) mass is 217 g/mol. The third-order valence-electron chi connectivity index (χ3n) is 3.73. The van der Waals surface area contributed by atoms with E-state index in [1.54, 1.807) is 0 Å². The van der Waals surface area contributed by atoms with Crippen molar-refractivity contribution in [3.05, 3.63) is 35.4 Å². The van der Waals surface area contributed by atoms with Gasteiger partial charge in [-0.2, -0.15) is 0 Å². The van der Waals surface area contributed by atoms with E-state index in [0.29, 0.717) is 11.3 Å². The van der Waals surface area contributed by atoms with E-state index in [1.807, 2.05) is 0 Å². The molecule has 2 rings (SSSR count). The van der Waals surface area contributed by atoms with Gasteiger partial charge < -0.3 is 5.32 Å². The van der Waals surface area contributed by atoms with Crippen LogP contribution < -0.4 is 5.32 Å². The molecule has 1 N–H and O–H groups in total. The van der Waals surface area contributed by atoms with Crippen molar-refractivity contribution < 1.29 is 0 Å². The second kappa shape index (κ2) is 4.58. The normalized spacial score (nSPS) is 17.8. The lowest BCUT2D eigenvalue weighted by Crippen LogP contribution is -2.21. The highest BCUT2D eigenvalue weighted by Crippen LogP contribution is 2.47. The first-order valence-electron chi connectivity index (χ1n) is 6.39. The minimum Gasteiger partial charge on any atom is -0.319 e. The van der Waals surface area contributed by atoms with Gasteiger partial charge in [-0.3, -0.25) is 0 Å². The summed E-state index contributed by atoms with van der Waals surface area (Å²) < 4.78 is 0. The summed E-state index contributed by atoms with van der Waals surface area (Å²) in [5.74, 6) is 0.640. The molecule has 1 nitrogen and oxygen atoms in total. The fourth-order valence-electron chi connectivity index (χ4n) is 2.42. The van der Waals surface area contributed by atoms with Crippen molar-refractivity contribution in [2.24, 2.45) is 5.41 Å². The molecule has 88 valence electrons. The van der Waals surface area contributed by atoms with E-state index < -0.39 is 0 Å². The van der Waals surface area contributed by atoms with Crippen molar-refractivity contribution in [2.75, 3.05) is 13.6 Å². The van der Waals surface area contributed by atoms with Gasteiger partial charge in [0.25, 0.3) is 0 Å². The van der Waals surface area contributed by atoms with Crippen molar-refractivity contribution in [1.29, 1.82) is 0 Å². The largest absolute Gasteiger partial charge is 0.319 e. The van der Waals surface area contributed by atoms with Gasteiger partial charge in [-0.1, -0.05) is 38.1 Å². The molecule has 0 aromatic heterocycles. The first-order valence-corrected chi connectivity index (χ1v) is 6.39. The lowest BCUT2D eigenvalue weighted by atomic mass is 9.94. The zero-order valence-corrected chi connectivity index (χ0v) is 10.7. The van der Waals surface area contributed by atoms with Crippen LogP contribution in [0.4, 0.5) is 0 Å². The molecule has 0 aliphatic heterocycles. The van der Waals surface area contributed by atoms with Gasteiger partial charge in [-0.25, -0.2) is 0 Å². The molecule has 0 amide bonds. The Balaban J connectivity index is 2.00. The summed E-state index contributed by atoms with van der Waals surface area (Å²) in [6, 6.07) is 9.20. The van der Waals surface area contributed by atoms with Gasteiger partial charge in [0.2, 0.25) is 0 Å². The zero-order chi connectivity index (χ0) is 11.6. The molecule has 1 aromatic carbocycles. The topological polar surface area (TPSA) is 12.0 Å². The molecule has 1 fully saturated rings. The lowest BCUT2D eigenvalue weighted by Gasteiger charge is -2.15. The number of hydrogen-bond acceptors (Lipinski definition) is 1. The smallest absolute Gasteiger partial charge is 0.000800 e. The van der Waals surface area contributed by atoms with Gasteiger partial charge in [0.15, 0.2) is 0 Å². The van der Waals surface area contributed by atoms with E-state index in [0.717, 1.165) is 0 Å². The maximum absolute atomic E-state index is 3.32. The molecule has 1 heteroatoms. The standard InChI is InChI=1S/C15H23N/c1-12(2)14-6-4-13(5-7-14)10-15(8-9-15)11-16-3/h4-7,12,16H,8-11H2,1-3H3. The molecular weight excluding hydrogens is 194 g/mol. The van der Waals surface area contributed by atoms with Crippen LogP contribution in [-0.4, -0.2) is 13.6 Å². The minimum atomic E-state index is 0.577.